The van der Waals surface area contributed by atoms with Gasteiger partial charge in [0.2, 0.25) is 0 Å². The van der Waals surface area contributed by atoms with Crippen LogP contribution in [0.25, 0.3) is 0 Å². The third-order valence-electron chi connectivity index (χ3n) is 5.95. The quantitative estimate of drug-likeness (QED) is 0.492. The van der Waals surface area contributed by atoms with E-state index in [2.05, 4.69) is 15.6 Å². The number of hydrogen-bond donors (Lipinski definition) is 2. The van der Waals surface area contributed by atoms with E-state index in [-0.39, 0.29) is 0 Å². The van der Waals surface area contributed by atoms with E-state index in [0.717, 1.165) is 23.8 Å². The molecule has 0 aliphatic carbocycles. The third-order valence-corrected chi connectivity index (χ3v) is 5.95. The number of para-hydroxylation sites is 1. The molecule has 3 rings (SSSR count). The molecule has 32 heavy (non-hydrogen) atoms. The van der Waals surface area contributed by atoms with Crippen LogP contribution in [0.4, 0.5) is 13.2 Å². The number of ether oxygens (including phenoxy) is 2. The summed E-state index contributed by atoms with van der Waals surface area (Å²) in [6.07, 6.45) is -2.34. The van der Waals surface area contributed by atoms with Crippen molar-refractivity contribution < 1.29 is 22.6 Å². The van der Waals surface area contributed by atoms with Gasteiger partial charge in [-0.1, -0.05) is 36.4 Å². The Kier molecular flexibility index (Phi) is 8.01. The summed E-state index contributed by atoms with van der Waals surface area (Å²) < 4.78 is 50.7. The van der Waals surface area contributed by atoms with Crippen molar-refractivity contribution in [3.05, 3.63) is 65.2 Å². The van der Waals surface area contributed by atoms with Gasteiger partial charge in [0, 0.05) is 38.8 Å². The summed E-state index contributed by atoms with van der Waals surface area (Å²) in [5.74, 6) is 1.45. The third kappa shape index (κ3) is 5.94. The first-order valence-electron chi connectivity index (χ1n) is 10.7. The normalized spacial score (nSPS) is 16.5. The van der Waals surface area contributed by atoms with Crippen LogP contribution in [0, 0.1) is 0 Å². The Morgan fingerprint density at radius 1 is 1.09 bits per heavy atom. The van der Waals surface area contributed by atoms with Crippen molar-refractivity contribution in [2.75, 3.05) is 40.5 Å². The molecule has 0 amide bonds. The first-order valence-corrected chi connectivity index (χ1v) is 10.7. The fourth-order valence-electron chi connectivity index (χ4n) is 4.05. The molecule has 2 N–H and O–H groups in total. The summed E-state index contributed by atoms with van der Waals surface area (Å²) >= 11 is 0. The monoisotopic (exact) mass is 449 g/mol. The molecular weight excluding hydrogens is 419 g/mol. The molecule has 0 radical (unpaired) electrons. The highest BCUT2D eigenvalue weighted by atomic mass is 19.4. The summed E-state index contributed by atoms with van der Waals surface area (Å²) in [7, 11) is 3.33. The van der Waals surface area contributed by atoms with E-state index in [4.69, 9.17) is 9.47 Å². The molecule has 1 aliphatic heterocycles. The molecule has 1 heterocycles. The Balaban J connectivity index is 1.67. The number of benzene rings is 2. The van der Waals surface area contributed by atoms with Crippen molar-refractivity contribution in [2.45, 2.75) is 30.9 Å². The average Bonchev–Trinajstić information content (AvgIpc) is 2.81. The standard InChI is InChI=1S/C24H30F3N3O2/c1-28-22(29-13-10-18-6-3-4-9-21(18)31-2)30-17-23(11-14-32-15-12-23)19-7-5-8-20(16-19)24(25,26)27/h3-9,16H,10-15,17H2,1-2H3,(H2,28,29,30). The number of hydrogen-bond acceptors (Lipinski definition) is 3. The Morgan fingerprint density at radius 2 is 1.84 bits per heavy atom. The van der Waals surface area contributed by atoms with Gasteiger partial charge >= 0.3 is 6.18 Å². The smallest absolute Gasteiger partial charge is 0.416 e. The molecular formula is C24H30F3N3O2. The van der Waals surface area contributed by atoms with Crippen molar-refractivity contribution in [1.82, 2.24) is 10.6 Å². The topological polar surface area (TPSA) is 54.9 Å². The number of alkyl halides is 3. The lowest BCUT2D eigenvalue weighted by molar-refractivity contribution is -0.137. The zero-order valence-corrected chi connectivity index (χ0v) is 18.5. The van der Waals surface area contributed by atoms with Crippen LogP contribution in [-0.4, -0.2) is 46.4 Å². The summed E-state index contributed by atoms with van der Waals surface area (Å²) in [6.45, 7) is 2.13. The van der Waals surface area contributed by atoms with Crippen LogP contribution in [0.2, 0.25) is 0 Å². The predicted octanol–water partition coefficient (Wildman–Crippen LogP) is 4.17. The van der Waals surface area contributed by atoms with Gasteiger partial charge in [0.05, 0.1) is 12.7 Å². The van der Waals surface area contributed by atoms with Gasteiger partial charge < -0.3 is 20.1 Å². The molecule has 8 heteroatoms. The SMILES string of the molecule is CN=C(NCCc1ccccc1OC)NCC1(c2cccc(C(F)(F)F)c2)CCOCC1. The molecule has 0 spiro atoms. The fraction of sp³-hybridized carbons (Fsp3) is 0.458. The molecule has 0 unspecified atom stereocenters. The van der Waals surface area contributed by atoms with Crippen LogP contribution in [-0.2, 0) is 22.7 Å². The summed E-state index contributed by atoms with van der Waals surface area (Å²) in [5.41, 5.74) is 0.676. The molecule has 5 nitrogen and oxygen atoms in total. The minimum Gasteiger partial charge on any atom is -0.496 e. The number of aliphatic imine (C=N–C) groups is 1. The molecule has 0 atom stereocenters. The second-order valence-electron chi connectivity index (χ2n) is 7.89. The maximum Gasteiger partial charge on any atom is 0.416 e. The highest BCUT2D eigenvalue weighted by Gasteiger charge is 2.37. The fourth-order valence-corrected chi connectivity index (χ4v) is 4.05. The number of methoxy groups -OCH3 is 1. The number of rotatable bonds is 7. The van der Waals surface area contributed by atoms with E-state index in [9.17, 15) is 13.2 Å². The Hall–Kier alpha value is -2.74. The average molecular weight is 450 g/mol. The summed E-state index contributed by atoms with van der Waals surface area (Å²) in [5, 5.41) is 6.61. The second-order valence-corrected chi connectivity index (χ2v) is 7.89. The van der Waals surface area contributed by atoms with E-state index >= 15 is 0 Å². The van der Waals surface area contributed by atoms with Crippen LogP contribution in [0.3, 0.4) is 0 Å². The highest BCUT2D eigenvalue weighted by molar-refractivity contribution is 5.79. The zero-order chi connectivity index (χ0) is 23.0. The van der Waals surface area contributed by atoms with Gasteiger partial charge in [-0.15, -0.1) is 0 Å². The molecule has 0 aromatic heterocycles. The lowest BCUT2D eigenvalue weighted by Crippen LogP contribution is -2.48. The van der Waals surface area contributed by atoms with Gasteiger partial charge in [-0.05, 0) is 42.5 Å². The molecule has 1 aliphatic rings. The number of halogens is 3. The van der Waals surface area contributed by atoms with Gasteiger partial charge in [0.1, 0.15) is 5.75 Å². The van der Waals surface area contributed by atoms with E-state index in [1.165, 1.54) is 12.1 Å². The number of guanidine groups is 1. The maximum absolute atomic E-state index is 13.3. The Bertz CT molecular complexity index is 909. The number of nitrogens with one attached hydrogen (secondary N) is 2. The molecule has 174 valence electrons. The summed E-state index contributed by atoms with van der Waals surface area (Å²) in [6, 6.07) is 13.5. The predicted molar refractivity (Wildman–Crippen MR) is 119 cm³/mol. The van der Waals surface area contributed by atoms with Crippen LogP contribution in [0.1, 0.15) is 29.5 Å². The van der Waals surface area contributed by atoms with Crippen LogP contribution in [0.5, 0.6) is 5.75 Å². The van der Waals surface area contributed by atoms with Crippen molar-refractivity contribution >= 4 is 5.96 Å². The molecule has 2 aromatic rings. The Morgan fingerprint density at radius 3 is 2.53 bits per heavy atom. The van der Waals surface area contributed by atoms with E-state index in [1.807, 2.05) is 24.3 Å². The number of nitrogens with zero attached hydrogens (tertiary/aromatic N) is 1. The molecule has 0 saturated carbocycles. The largest absolute Gasteiger partial charge is 0.496 e. The minimum absolute atomic E-state index is 0.459. The summed E-state index contributed by atoms with van der Waals surface area (Å²) in [4.78, 5) is 4.28. The molecule has 2 aromatic carbocycles. The van der Waals surface area contributed by atoms with Gasteiger partial charge in [-0.2, -0.15) is 13.2 Å². The zero-order valence-electron chi connectivity index (χ0n) is 18.5. The van der Waals surface area contributed by atoms with Crippen molar-refractivity contribution in [2.24, 2.45) is 4.99 Å². The van der Waals surface area contributed by atoms with Crippen LogP contribution >= 0.6 is 0 Å². The first kappa shape index (κ1) is 23.9. The van der Waals surface area contributed by atoms with Gasteiger partial charge in [-0.25, -0.2) is 0 Å². The lowest BCUT2D eigenvalue weighted by atomic mass is 9.73. The second kappa shape index (κ2) is 10.7. The molecule has 1 fully saturated rings. The van der Waals surface area contributed by atoms with Crippen molar-refractivity contribution in [1.29, 1.82) is 0 Å². The van der Waals surface area contributed by atoms with Gasteiger partial charge in [-0.3, -0.25) is 4.99 Å². The van der Waals surface area contributed by atoms with E-state index in [1.54, 1.807) is 20.2 Å². The Labute approximate surface area is 187 Å². The molecule has 1 saturated heterocycles. The first-order chi connectivity index (χ1) is 15.4. The maximum atomic E-state index is 13.3. The van der Waals surface area contributed by atoms with Crippen LogP contribution < -0.4 is 15.4 Å². The van der Waals surface area contributed by atoms with Crippen molar-refractivity contribution in [3.8, 4) is 5.75 Å². The lowest BCUT2D eigenvalue weighted by Gasteiger charge is -2.38. The van der Waals surface area contributed by atoms with Crippen molar-refractivity contribution in [3.63, 3.8) is 0 Å². The van der Waals surface area contributed by atoms with Gasteiger partial charge in [0.25, 0.3) is 0 Å². The van der Waals surface area contributed by atoms with E-state index < -0.39 is 17.2 Å². The van der Waals surface area contributed by atoms with Gasteiger partial charge in [0.15, 0.2) is 5.96 Å². The minimum atomic E-state index is -4.37. The van der Waals surface area contributed by atoms with E-state index in [0.29, 0.717) is 50.7 Å². The van der Waals surface area contributed by atoms with Crippen LogP contribution in [0.15, 0.2) is 53.5 Å². The highest BCUT2D eigenvalue weighted by Crippen LogP contribution is 2.37. The molecule has 0 bridgehead atoms.